The quantitative estimate of drug-likeness (QED) is 0.505. The third kappa shape index (κ3) is 4.03. The van der Waals surface area contributed by atoms with E-state index in [9.17, 15) is 5.11 Å². The van der Waals surface area contributed by atoms with E-state index in [1.165, 1.54) is 0 Å². The summed E-state index contributed by atoms with van der Waals surface area (Å²) < 4.78 is 0. The second kappa shape index (κ2) is 7.35. The predicted octanol–water partition coefficient (Wildman–Crippen LogP) is 3.17. The number of hydrogen-bond donors (Lipinski definition) is 2. The van der Waals surface area contributed by atoms with Gasteiger partial charge in [-0.25, -0.2) is 0 Å². The highest BCUT2D eigenvalue weighted by Gasteiger charge is 2.11. The lowest BCUT2D eigenvalue weighted by Gasteiger charge is -2.08. The summed E-state index contributed by atoms with van der Waals surface area (Å²) in [5.74, 6) is 0.338. The number of hydrogen-bond acceptors (Lipinski definition) is 4. The maximum absolute atomic E-state index is 10.0. The van der Waals surface area contributed by atoms with E-state index in [0.717, 1.165) is 11.1 Å². The van der Waals surface area contributed by atoms with Crippen molar-refractivity contribution in [3.63, 3.8) is 0 Å². The summed E-state index contributed by atoms with van der Waals surface area (Å²) in [5, 5.41) is 18.3. The Labute approximate surface area is 135 Å². The Morgan fingerprint density at radius 1 is 1.22 bits per heavy atom. The Balaban J connectivity index is 2.41. The second-order valence-corrected chi connectivity index (χ2v) is 5.13. The summed E-state index contributed by atoms with van der Waals surface area (Å²) in [6, 6.07) is 10.6. The molecule has 0 unspecified atom stereocenters. The van der Waals surface area contributed by atoms with Crippen LogP contribution in [0.25, 0.3) is 0 Å². The first-order chi connectivity index (χ1) is 11.0. The number of phenolic OH excluding ortho intramolecular Hbond substituents is 1. The molecular weight excluding hydrogens is 288 g/mol. The largest absolute Gasteiger partial charge is 0.507 e. The summed E-state index contributed by atoms with van der Waals surface area (Å²) in [6.45, 7) is 7.90. The molecule has 3 N–H and O–H groups in total. The summed E-state index contributed by atoms with van der Waals surface area (Å²) >= 11 is 0. The molecule has 0 aliphatic rings. The molecular formula is C18H20N4O. The third-order valence-electron chi connectivity index (χ3n) is 3.35. The smallest absolute Gasteiger partial charge is 0.171 e. The van der Waals surface area contributed by atoms with Crippen LogP contribution in [-0.2, 0) is 0 Å². The van der Waals surface area contributed by atoms with Crippen LogP contribution in [0.2, 0.25) is 0 Å². The number of phenols is 1. The zero-order valence-electron chi connectivity index (χ0n) is 13.3. The minimum Gasteiger partial charge on any atom is -0.507 e. The van der Waals surface area contributed by atoms with E-state index >= 15 is 0 Å². The number of aromatic hydroxyl groups is 1. The zero-order valence-corrected chi connectivity index (χ0v) is 13.3. The molecule has 0 aliphatic heterocycles. The van der Waals surface area contributed by atoms with Crippen molar-refractivity contribution in [1.82, 2.24) is 4.98 Å². The number of para-hydroxylation sites is 1. The van der Waals surface area contributed by atoms with E-state index in [-0.39, 0.29) is 11.6 Å². The summed E-state index contributed by atoms with van der Waals surface area (Å²) in [7, 11) is 0. The fraction of sp³-hybridized carbons (Fsp3) is 0.167. The number of aromatic nitrogens is 1. The molecule has 5 heteroatoms. The van der Waals surface area contributed by atoms with Crippen molar-refractivity contribution in [3.8, 4) is 5.75 Å². The van der Waals surface area contributed by atoms with Gasteiger partial charge in [0.1, 0.15) is 11.4 Å². The fourth-order valence-electron chi connectivity index (χ4n) is 1.93. The molecule has 5 nitrogen and oxygen atoms in total. The van der Waals surface area contributed by atoms with E-state index < -0.39 is 0 Å². The van der Waals surface area contributed by atoms with Gasteiger partial charge in [0.25, 0.3) is 0 Å². The molecule has 0 spiro atoms. The molecule has 1 aromatic heterocycles. The predicted molar refractivity (Wildman–Crippen MR) is 93.8 cm³/mol. The monoisotopic (exact) mass is 308 g/mol. The highest BCUT2D eigenvalue weighted by Crippen LogP contribution is 2.21. The molecule has 23 heavy (non-hydrogen) atoms. The molecule has 0 amide bonds. The minimum absolute atomic E-state index is 0.128. The molecule has 118 valence electrons. The number of pyridine rings is 1. The van der Waals surface area contributed by atoms with Crippen LogP contribution in [0.5, 0.6) is 5.75 Å². The van der Waals surface area contributed by atoms with Crippen LogP contribution in [0, 0.1) is 6.92 Å². The Bertz CT molecular complexity index is 761. The molecule has 0 fully saturated rings. The molecule has 1 aromatic carbocycles. The maximum atomic E-state index is 10.0. The van der Waals surface area contributed by atoms with Crippen LogP contribution in [0.1, 0.15) is 30.2 Å². The standard InChI is InChI=1S/C18H20N4O/c1-4-13(3)17(14-7-5-6-8-16(14)23)21-22-18(19)15-10-9-12(2)11-20-15/h5-11,23H,3-4H2,1-2H3,(H2,19,22)/b21-17+. The van der Waals surface area contributed by atoms with Gasteiger partial charge in [0.15, 0.2) is 5.84 Å². The summed E-state index contributed by atoms with van der Waals surface area (Å²) in [4.78, 5) is 4.21. The average molecular weight is 308 g/mol. The molecule has 0 radical (unpaired) electrons. The Kier molecular flexibility index (Phi) is 5.25. The zero-order chi connectivity index (χ0) is 16.8. The van der Waals surface area contributed by atoms with Gasteiger partial charge in [-0.1, -0.05) is 31.7 Å². The van der Waals surface area contributed by atoms with Crippen LogP contribution >= 0.6 is 0 Å². The van der Waals surface area contributed by atoms with Gasteiger partial charge in [-0.15, -0.1) is 10.2 Å². The van der Waals surface area contributed by atoms with E-state index in [2.05, 4.69) is 21.8 Å². The van der Waals surface area contributed by atoms with Gasteiger partial charge in [-0.3, -0.25) is 4.98 Å². The average Bonchev–Trinajstić information content (AvgIpc) is 2.56. The SMILES string of the molecule is C=C(CC)/C(=N\N=C(/N)c1ccc(C)cn1)c1ccccc1O. The number of benzene rings is 1. The van der Waals surface area contributed by atoms with Gasteiger partial charge < -0.3 is 10.8 Å². The number of nitrogens with zero attached hydrogens (tertiary/aromatic N) is 3. The Morgan fingerprint density at radius 3 is 2.57 bits per heavy atom. The Hall–Kier alpha value is -2.95. The van der Waals surface area contributed by atoms with Crippen molar-refractivity contribution >= 4 is 11.5 Å². The van der Waals surface area contributed by atoms with Crippen molar-refractivity contribution in [1.29, 1.82) is 0 Å². The maximum Gasteiger partial charge on any atom is 0.171 e. The van der Waals surface area contributed by atoms with Crippen LogP contribution in [-0.4, -0.2) is 21.6 Å². The lowest BCUT2D eigenvalue weighted by Crippen LogP contribution is -2.15. The first-order valence-electron chi connectivity index (χ1n) is 7.33. The number of amidine groups is 1. The molecule has 0 atom stereocenters. The van der Waals surface area contributed by atoms with Crippen molar-refractivity contribution in [2.75, 3.05) is 0 Å². The molecule has 0 saturated heterocycles. The number of rotatable bonds is 5. The summed E-state index contributed by atoms with van der Waals surface area (Å²) in [6.07, 6.45) is 2.40. The van der Waals surface area contributed by atoms with E-state index in [1.807, 2.05) is 26.0 Å². The first kappa shape index (κ1) is 16.4. The normalized spacial score (nSPS) is 12.3. The lowest BCUT2D eigenvalue weighted by atomic mass is 10.0. The minimum atomic E-state index is 0.128. The van der Waals surface area contributed by atoms with Gasteiger partial charge in [0.2, 0.25) is 0 Å². The topological polar surface area (TPSA) is 83.9 Å². The van der Waals surface area contributed by atoms with Gasteiger partial charge >= 0.3 is 0 Å². The van der Waals surface area contributed by atoms with Crippen molar-refractivity contribution in [2.24, 2.45) is 15.9 Å². The van der Waals surface area contributed by atoms with Crippen LogP contribution in [0.4, 0.5) is 0 Å². The fourth-order valence-corrected chi connectivity index (χ4v) is 1.93. The highest BCUT2D eigenvalue weighted by atomic mass is 16.3. The van der Waals surface area contributed by atoms with E-state index in [1.54, 1.807) is 30.5 Å². The number of allylic oxidation sites excluding steroid dienone is 1. The molecule has 0 bridgehead atoms. The van der Waals surface area contributed by atoms with Crippen molar-refractivity contribution < 1.29 is 5.11 Å². The van der Waals surface area contributed by atoms with Gasteiger partial charge in [0, 0.05) is 11.8 Å². The number of nitrogens with two attached hydrogens (primary N) is 1. The molecule has 0 saturated carbocycles. The Morgan fingerprint density at radius 2 is 1.96 bits per heavy atom. The van der Waals surface area contributed by atoms with Crippen LogP contribution < -0.4 is 5.73 Å². The van der Waals surface area contributed by atoms with E-state index in [0.29, 0.717) is 23.4 Å². The van der Waals surface area contributed by atoms with Crippen LogP contribution in [0.15, 0.2) is 64.9 Å². The van der Waals surface area contributed by atoms with Gasteiger partial charge in [-0.2, -0.15) is 0 Å². The summed E-state index contributed by atoms with van der Waals surface area (Å²) in [5.41, 5.74) is 9.39. The van der Waals surface area contributed by atoms with Gasteiger partial charge in [-0.05, 0) is 42.7 Å². The molecule has 2 rings (SSSR count). The lowest BCUT2D eigenvalue weighted by molar-refractivity contribution is 0.474. The molecule has 2 aromatic rings. The third-order valence-corrected chi connectivity index (χ3v) is 3.35. The molecule has 0 aliphatic carbocycles. The van der Waals surface area contributed by atoms with E-state index in [4.69, 9.17) is 5.73 Å². The van der Waals surface area contributed by atoms with Crippen LogP contribution in [0.3, 0.4) is 0 Å². The van der Waals surface area contributed by atoms with Gasteiger partial charge in [0.05, 0.1) is 5.71 Å². The molecule has 1 heterocycles. The highest BCUT2D eigenvalue weighted by molar-refractivity contribution is 6.14. The first-order valence-corrected chi connectivity index (χ1v) is 7.33. The number of aryl methyl sites for hydroxylation is 1. The van der Waals surface area contributed by atoms with Crippen molar-refractivity contribution in [3.05, 3.63) is 71.6 Å². The second-order valence-electron chi connectivity index (χ2n) is 5.13. The van der Waals surface area contributed by atoms with Crippen molar-refractivity contribution in [2.45, 2.75) is 20.3 Å².